The summed E-state index contributed by atoms with van der Waals surface area (Å²) in [6.45, 7) is 3.04. The Kier molecular flexibility index (Phi) is 6.64. The zero-order chi connectivity index (χ0) is 7.82. The molecule has 0 bridgehead atoms. The minimum atomic E-state index is -0.0902. The van der Waals surface area contributed by atoms with E-state index in [9.17, 15) is 4.79 Å². The highest BCUT2D eigenvalue weighted by molar-refractivity contribution is 6.17. The Morgan fingerprint density at radius 3 is 2.90 bits per heavy atom. The number of likely N-dealkylation sites (N-methyl/N-ethyl adjacent to an activating group) is 1. The fourth-order valence-electron chi connectivity index (χ4n) is 0.468. The van der Waals surface area contributed by atoms with Crippen LogP contribution in [0.5, 0.6) is 0 Å². The molecule has 1 N–H and O–H groups in total. The van der Waals surface area contributed by atoms with Crippen molar-refractivity contribution in [2.75, 3.05) is 25.6 Å². The van der Waals surface area contributed by atoms with Crippen molar-refractivity contribution in [3.63, 3.8) is 0 Å². The molecule has 0 radical (unpaired) electrons. The second-order valence-corrected chi connectivity index (χ2v) is 2.07. The average Bonchev–Trinajstić information content (AvgIpc) is 1.89. The van der Waals surface area contributed by atoms with Gasteiger partial charge in [0.15, 0.2) is 0 Å². The molecule has 0 fully saturated rings. The van der Waals surface area contributed by atoms with E-state index in [-0.39, 0.29) is 12.5 Å². The van der Waals surface area contributed by atoms with E-state index in [4.69, 9.17) is 16.3 Å². The molecule has 0 aromatic heterocycles. The summed E-state index contributed by atoms with van der Waals surface area (Å²) in [6.07, 6.45) is 0. The van der Waals surface area contributed by atoms with E-state index in [1.54, 1.807) is 0 Å². The number of carbonyl (C=O) groups excluding carboxylic acids is 1. The molecular weight excluding hydrogens is 154 g/mol. The maximum absolute atomic E-state index is 10.6. The number of ether oxygens (including phenoxy) is 1. The molecule has 4 heteroatoms. The second-order valence-electron chi connectivity index (χ2n) is 1.70. The maximum atomic E-state index is 10.6. The van der Waals surface area contributed by atoms with Crippen molar-refractivity contribution < 1.29 is 9.53 Å². The van der Waals surface area contributed by atoms with E-state index in [1.165, 1.54) is 0 Å². The summed E-state index contributed by atoms with van der Waals surface area (Å²) >= 11 is 5.31. The van der Waals surface area contributed by atoms with Gasteiger partial charge in [-0.3, -0.25) is 4.79 Å². The van der Waals surface area contributed by atoms with Crippen LogP contribution < -0.4 is 5.32 Å². The first-order valence-electron chi connectivity index (χ1n) is 3.21. The fourth-order valence-corrected chi connectivity index (χ4v) is 0.577. The molecule has 1 amide bonds. The summed E-state index contributed by atoms with van der Waals surface area (Å²) in [5, 5.41) is 2.60. The molecule has 0 heterocycles. The number of hydrogen-bond donors (Lipinski definition) is 1. The van der Waals surface area contributed by atoms with Crippen LogP contribution in [0.1, 0.15) is 6.92 Å². The van der Waals surface area contributed by atoms with E-state index in [0.717, 1.165) is 0 Å². The molecule has 0 aromatic carbocycles. The Bertz CT molecular complexity index is 97.7. The van der Waals surface area contributed by atoms with Crippen molar-refractivity contribution >= 4 is 17.5 Å². The van der Waals surface area contributed by atoms with Gasteiger partial charge in [0, 0.05) is 12.4 Å². The van der Waals surface area contributed by atoms with Gasteiger partial charge in [0.1, 0.15) is 6.61 Å². The Morgan fingerprint density at radius 2 is 2.40 bits per heavy atom. The van der Waals surface area contributed by atoms with Crippen LogP contribution in [0, 0.1) is 0 Å². The van der Waals surface area contributed by atoms with Crippen LogP contribution >= 0.6 is 11.6 Å². The fraction of sp³-hybridized carbons (Fsp3) is 0.833. The Labute approximate surface area is 65.7 Å². The van der Waals surface area contributed by atoms with Crippen LogP contribution in [-0.4, -0.2) is 31.5 Å². The van der Waals surface area contributed by atoms with Crippen molar-refractivity contribution in [1.82, 2.24) is 5.32 Å². The number of nitrogens with one attached hydrogen (secondary N) is 1. The van der Waals surface area contributed by atoms with Crippen molar-refractivity contribution in [2.45, 2.75) is 6.92 Å². The van der Waals surface area contributed by atoms with Crippen molar-refractivity contribution in [3.05, 3.63) is 0 Å². The smallest absolute Gasteiger partial charge is 0.245 e. The van der Waals surface area contributed by atoms with Crippen LogP contribution in [0.25, 0.3) is 0 Å². The standard InChI is InChI=1S/C6H12ClNO2/c1-2-8-6(9)5-10-4-3-7/h2-5H2,1H3,(H,8,9). The molecule has 0 saturated carbocycles. The minimum Gasteiger partial charge on any atom is -0.370 e. The first kappa shape index (κ1) is 9.72. The van der Waals surface area contributed by atoms with Gasteiger partial charge < -0.3 is 10.1 Å². The number of alkyl halides is 1. The third-order valence-corrected chi connectivity index (χ3v) is 0.983. The van der Waals surface area contributed by atoms with Gasteiger partial charge in [-0.1, -0.05) is 0 Å². The van der Waals surface area contributed by atoms with Gasteiger partial charge in [0.2, 0.25) is 5.91 Å². The summed E-state index contributed by atoms with van der Waals surface area (Å²) < 4.78 is 4.85. The Balaban J connectivity index is 3.05. The lowest BCUT2D eigenvalue weighted by Gasteiger charge is -2.00. The molecule has 10 heavy (non-hydrogen) atoms. The topological polar surface area (TPSA) is 38.3 Å². The van der Waals surface area contributed by atoms with Crippen molar-refractivity contribution in [1.29, 1.82) is 0 Å². The van der Waals surface area contributed by atoms with E-state index < -0.39 is 0 Å². The highest BCUT2D eigenvalue weighted by Crippen LogP contribution is 1.78. The molecule has 0 rings (SSSR count). The van der Waals surface area contributed by atoms with E-state index in [0.29, 0.717) is 19.0 Å². The SMILES string of the molecule is CCNC(=O)COCCCl. The molecule has 0 aliphatic rings. The summed E-state index contributed by atoms with van der Waals surface area (Å²) in [5.74, 6) is 0.340. The average molecular weight is 166 g/mol. The van der Waals surface area contributed by atoms with Gasteiger partial charge in [0.05, 0.1) is 6.61 Å². The molecule has 0 aliphatic heterocycles. The van der Waals surface area contributed by atoms with Crippen LogP contribution in [-0.2, 0) is 9.53 Å². The first-order valence-corrected chi connectivity index (χ1v) is 3.75. The van der Waals surface area contributed by atoms with Gasteiger partial charge in [0.25, 0.3) is 0 Å². The lowest BCUT2D eigenvalue weighted by atomic mass is 10.6. The molecule has 0 aromatic rings. The predicted octanol–water partition coefficient (Wildman–Crippen LogP) is 0.378. The number of rotatable bonds is 5. The van der Waals surface area contributed by atoms with Crippen LogP contribution in [0.3, 0.4) is 0 Å². The third kappa shape index (κ3) is 5.85. The van der Waals surface area contributed by atoms with Crippen LogP contribution in [0.2, 0.25) is 0 Å². The van der Waals surface area contributed by atoms with Crippen molar-refractivity contribution in [3.8, 4) is 0 Å². The van der Waals surface area contributed by atoms with Gasteiger partial charge in [-0.05, 0) is 6.92 Å². The zero-order valence-corrected chi connectivity index (χ0v) is 6.78. The quantitative estimate of drug-likeness (QED) is 0.473. The molecule has 0 aliphatic carbocycles. The molecule has 60 valence electrons. The predicted molar refractivity (Wildman–Crippen MR) is 40.2 cm³/mol. The monoisotopic (exact) mass is 165 g/mol. The second kappa shape index (κ2) is 6.83. The molecule has 0 spiro atoms. The first-order chi connectivity index (χ1) is 4.81. The summed E-state index contributed by atoms with van der Waals surface area (Å²) in [6, 6.07) is 0. The maximum Gasteiger partial charge on any atom is 0.245 e. The summed E-state index contributed by atoms with van der Waals surface area (Å²) in [5.41, 5.74) is 0. The molecule has 3 nitrogen and oxygen atoms in total. The van der Waals surface area contributed by atoms with Gasteiger partial charge in [-0.2, -0.15) is 0 Å². The highest BCUT2D eigenvalue weighted by Gasteiger charge is 1.96. The number of halogens is 1. The molecular formula is C6H12ClNO2. The lowest BCUT2D eigenvalue weighted by molar-refractivity contribution is -0.125. The number of amides is 1. The molecule has 0 atom stereocenters. The highest BCUT2D eigenvalue weighted by atomic mass is 35.5. The van der Waals surface area contributed by atoms with Gasteiger partial charge in [-0.25, -0.2) is 0 Å². The Hall–Kier alpha value is -0.280. The van der Waals surface area contributed by atoms with Gasteiger partial charge in [-0.15, -0.1) is 11.6 Å². The third-order valence-electron chi connectivity index (χ3n) is 0.829. The Morgan fingerprint density at radius 1 is 1.70 bits per heavy atom. The minimum absolute atomic E-state index is 0.0902. The van der Waals surface area contributed by atoms with Crippen molar-refractivity contribution in [2.24, 2.45) is 0 Å². The normalized spacial score (nSPS) is 9.40. The lowest BCUT2D eigenvalue weighted by Crippen LogP contribution is -2.27. The number of hydrogen-bond acceptors (Lipinski definition) is 2. The summed E-state index contributed by atoms with van der Waals surface area (Å²) in [7, 11) is 0. The van der Waals surface area contributed by atoms with Gasteiger partial charge >= 0.3 is 0 Å². The zero-order valence-electron chi connectivity index (χ0n) is 6.02. The van der Waals surface area contributed by atoms with Crippen LogP contribution in [0.4, 0.5) is 0 Å². The van der Waals surface area contributed by atoms with E-state index in [2.05, 4.69) is 5.32 Å². The van der Waals surface area contributed by atoms with Crippen LogP contribution in [0.15, 0.2) is 0 Å². The van der Waals surface area contributed by atoms with E-state index >= 15 is 0 Å². The summed E-state index contributed by atoms with van der Waals surface area (Å²) in [4.78, 5) is 10.6. The number of carbonyl (C=O) groups is 1. The molecule has 0 unspecified atom stereocenters. The molecule has 0 saturated heterocycles. The largest absolute Gasteiger partial charge is 0.370 e. The van der Waals surface area contributed by atoms with E-state index in [1.807, 2.05) is 6.92 Å².